The van der Waals surface area contributed by atoms with Gasteiger partial charge in [-0.2, -0.15) is 0 Å². The van der Waals surface area contributed by atoms with Crippen LogP contribution in [0.4, 0.5) is 0 Å². The first kappa shape index (κ1) is 9.14. The highest BCUT2D eigenvalue weighted by molar-refractivity contribution is 9.10. The lowest BCUT2D eigenvalue weighted by molar-refractivity contribution is 1.15. The van der Waals surface area contributed by atoms with Gasteiger partial charge in [0, 0.05) is 12.4 Å². The van der Waals surface area contributed by atoms with Crippen LogP contribution in [0.25, 0.3) is 0 Å². The van der Waals surface area contributed by atoms with Crippen molar-refractivity contribution in [1.82, 2.24) is 9.97 Å². The van der Waals surface area contributed by atoms with Crippen molar-refractivity contribution in [2.75, 3.05) is 0 Å². The van der Waals surface area contributed by atoms with Crippen molar-refractivity contribution in [3.63, 3.8) is 0 Å². The smallest absolute Gasteiger partial charge is 0.222 e. The van der Waals surface area contributed by atoms with Gasteiger partial charge in [-0.05, 0) is 27.5 Å². The van der Waals surface area contributed by atoms with Gasteiger partial charge in [-0.15, -0.1) is 12.4 Å². The highest BCUT2D eigenvalue weighted by atomic mass is 79.9. The molecule has 0 spiro atoms. The molecule has 0 unspecified atom stereocenters. The fourth-order valence-electron chi connectivity index (χ4n) is 0.297. The molecule has 0 aliphatic carbocycles. The Balaban J connectivity index is 0.000000640. The van der Waals surface area contributed by atoms with E-state index in [1.807, 2.05) is 0 Å². The van der Waals surface area contributed by atoms with Crippen molar-refractivity contribution < 1.29 is 0 Å². The molecule has 0 aromatic carbocycles. The molecule has 0 saturated carbocycles. The van der Waals surface area contributed by atoms with Crippen LogP contribution in [0.5, 0.6) is 0 Å². The first-order valence-electron chi connectivity index (χ1n) is 1.92. The van der Waals surface area contributed by atoms with Crippen LogP contribution in [0.3, 0.4) is 0 Å². The largest absolute Gasteiger partial charge is 0.225 e. The van der Waals surface area contributed by atoms with Gasteiger partial charge in [-0.3, -0.25) is 0 Å². The van der Waals surface area contributed by atoms with E-state index in [1.165, 1.54) is 0 Å². The van der Waals surface area contributed by atoms with E-state index in [4.69, 9.17) is 11.6 Å². The van der Waals surface area contributed by atoms with E-state index in [9.17, 15) is 0 Å². The van der Waals surface area contributed by atoms with Crippen molar-refractivity contribution in [2.45, 2.75) is 0 Å². The fraction of sp³-hybridized carbons (Fsp3) is 0. The Kier molecular flexibility index (Phi) is 4.10. The molecule has 1 aromatic heterocycles. The molecule has 0 aliphatic heterocycles. The Morgan fingerprint density at radius 2 is 1.78 bits per heavy atom. The first-order valence-corrected chi connectivity index (χ1v) is 3.09. The summed E-state index contributed by atoms with van der Waals surface area (Å²) >= 11 is 8.53. The van der Waals surface area contributed by atoms with E-state index >= 15 is 0 Å². The van der Waals surface area contributed by atoms with E-state index < -0.39 is 0 Å². The Morgan fingerprint density at radius 1 is 1.33 bits per heavy atom. The Labute approximate surface area is 72.2 Å². The van der Waals surface area contributed by atoms with Crippen molar-refractivity contribution in [3.8, 4) is 0 Å². The molecule has 0 radical (unpaired) electrons. The second kappa shape index (κ2) is 4.04. The van der Waals surface area contributed by atoms with Crippen LogP contribution in [-0.4, -0.2) is 9.97 Å². The third kappa shape index (κ3) is 2.98. The molecule has 0 bridgehead atoms. The van der Waals surface area contributed by atoms with Crippen LogP contribution in [0, 0.1) is 0 Å². The molecule has 0 saturated heterocycles. The van der Waals surface area contributed by atoms with E-state index in [2.05, 4.69) is 25.9 Å². The van der Waals surface area contributed by atoms with Crippen molar-refractivity contribution in [3.05, 3.63) is 22.1 Å². The molecule has 2 nitrogen and oxygen atoms in total. The highest BCUT2D eigenvalue weighted by Gasteiger charge is 1.86. The van der Waals surface area contributed by atoms with E-state index in [1.54, 1.807) is 12.4 Å². The van der Waals surface area contributed by atoms with Crippen molar-refractivity contribution in [1.29, 1.82) is 0 Å². The number of hydrogen-bond donors (Lipinski definition) is 0. The lowest BCUT2D eigenvalue weighted by atomic mass is 10.7. The average Bonchev–Trinajstić information content (AvgIpc) is 1.77. The maximum Gasteiger partial charge on any atom is 0.222 e. The molecule has 0 atom stereocenters. The monoisotopic (exact) mass is 228 g/mol. The van der Waals surface area contributed by atoms with E-state index in [0.717, 1.165) is 4.47 Å². The third-order valence-corrected chi connectivity index (χ3v) is 1.19. The average molecular weight is 230 g/mol. The Hall–Kier alpha value is 0.140. The topological polar surface area (TPSA) is 25.8 Å². The minimum Gasteiger partial charge on any atom is -0.225 e. The summed E-state index contributed by atoms with van der Waals surface area (Å²) in [7, 11) is 0. The van der Waals surface area contributed by atoms with Gasteiger partial charge in [-0.1, -0.05) is 0 Å². The molecular weight excluding hydrogens is 227 g/mol. The maximum absolute atomic E-state index is 5.37. The van der Waals surface area contributed by atoms with Gasteiger partial charge in [0.1, 0.15) is 0 Å². The summed E-state index contributed by atoms with van der Waals surface area (Å²) in [5, 5.41) is 0.271. The standard InChI is InChI=1S/C4H2BrClN2.ClH/c5-3-1-7-4(6)8-2-3;/h1-2H;1H. The van der Waals surface area contributed by atoms with Gasteiger partial charge in [0.25, 0.3) is 0 Å². The third-order valence-electron chi connectivity index (χ3n) is 0.589. The van der Waals surface area contributed by atoms with Crippen LogP contribution < -0.4 is 0 Å². The molecule has 9 heavy (non-hydrogen) atoms. The summed E-state index contributed by atoms with van der Waals surface area (Å²) in [4.78, 5) is 7.37. The fourth-order valence-corrected chi connectivity index (χ4v) is 0.599. The molecule has 0 aliphatic rings. The lowest BCUT2D eigenvalue weighted by Gasteiger charge is -1.85. The zero-order valence-corrected chi connectivity index (χ0v) is 7.37. The van der Waals surface area contributed by atoms with E-state index in [-0.39, 0.29) is 17.7 Å². The summed E-state index contributed by atoms with van der Waals surface area (Å²) in [5.41, 5.74) is 0. The number of rotatable bonds is 0. The van der Waals surface area contributed by atoms with Gasteiger partial charge in [0.05, 0.1) is 4.47 Å². The number of halogens is 3. The summed E-state index contributed by atoms with van der Waals surface area (Å²) in [5.74, 6) is 0. The van der Waals surface area contributed by atoms with Crippen LogP contribution in [0.15, 0.2) is 16.9 Å². The summed E-state index contributed by atoms with van der Waals surface area (Å²) in [6, 6.07) is 0. The van der Waals surface area contributed by atoms with Crippen LogP contribution in [0.1, 0.15) is 0 Å². The van der Waals surface area contributed by atoms with Gasteiger partial charge < -0.3 is 0 Å². The summed E-state index contributed by atoms with van der Waals surface area (Å²) < 4.78 is 0.835. The van der Waals surface area contributed by atoms with Gasteiger partial charge >= 0.3 is 0 Å². The Morgan fingerprint density at radius 3 is 2.11 bits per heavy atom. The SMILES string of the molecule is Cl.Clc1ncc(Br)cn1. The molecule has 1 aromatic rings. The molecule has 1 heterocycles. The summed E-state index contributed by atoms with van der Waals surface area (Å²) in [6.07, 6.45) is 3.19. The molecule has 1 rings (SSSR count). The lowest BCUT2D eigenvalue weighted by Crippen LogP contribution is -1.77. The molecule has 50 valence electrons. The normalized spacial score (nSPS) is 8.22. The minimum absolute atomic E-state index is 0. The molecule has 0 N–H and O–H groups in total. The summed E-state index contributed by atoms with van der Waals surface area (Å²) in [6.45, 7) is 0. The van der Waals surface area contributed by atoms with Crippen LogP contribution in [0.2, 0.25) is 5.28 Å². The molecular formula is C4H3BrCl2N2. The molecule has 0 fully saturated rings. The zero-order valence-electron chi connectivity index (χ0n) is 4.21. The molecule has 5 heteroatoms. The second-order valence-corrected chi connectivity index (χ2v) is 2.42. The number of hydrogen-bond acceptors (Lipinski definition) is 2. The van der Waals surface area contributed by atoms with Gasteiger partial charge in [-0.25, -0.2) is 9.97 Å². The number of aromatic nitrogens is 2. The first-order chi connectivity index (χ1) is 3.79. The van der Waals surface area contributed by atoms with Crippen LogP contribution in [-0.2, 0) is 0 Å². The maximum atomic E-state index is 5.37. The zero-order chi connectivity index (χ0) is 5.98. The second-order valence-electron chi connectivity index (χ2n) is 1.17. The van der Waals surface area contributed by atoms with Crippen LogP contribution >= 0.6 is 39.9 Å². The van der Waals surface area contributed by atoms with Gasteiger partial charge in [0.15, 0.2) is 0 Å². The highest BCUT2D eigenvalue weighted by Crippen LogP contribution is 2.06. The minimum atomic E-state index is 0. The number of nitrogens with zero attached hydrogens (tertiary/aromatic N) is 2. The predicted octanol–water partition coefficient (Wildman–Crippen LogP) is 2.31. The van der Waals surface area contributed by atoms with E-state index in [0.29, 0.717) is 0 Å². The Bertz CT molecular complexity index is 155. The van der Waals surface area contributed by atoms with Gasteiger partial charge in [0.2, 0.25) is 5.28 Å². The van der Waals surface area contributed by atoms with Crippen molar-refractivity contribution >= 4 is 39.9 Å². The predicted molar refractivity (Wildman–Crippen MR) is 42.0 cm³/mol. The molecule has 0 amide bonds. The quantitative estimate of drug-likeness (QED) is 0.639. The van der Waals surface area contributed by atoms with Crippen molar-refractivity contribution in [2.24, 2.45) is 0 Å².